The van der Waals surface area contributed by atoms with Crippen LogP contribution >= 0.6 is 0 Å². The Balaban J connectivity index is 2.15. The maximum atomic E-state index is 13.0. The van der Waals surface area contributed by atoms with Crippen molar-refractivity contribution in [3.63, 3.8) is 0 Å². The lowest BCUT2D eigenvalue weighted by Crippen LogP contribution is -2.37. The van der Waals surface area contributed by atoms with Crippen LogP contribution < -0.4 is 4.74 Å². The zero-order valence-corrected chi connectivity index (χ0v) is 15.2. The van der Waals surface area contributed by atoms with Crippen LogP contribution in [-0.2, 0) is 4.79 Å². The number of rotatable bonds is 4. The lowest BCUT2D eigenvalue weighted by molar-refractivity contribution is -0.131. The minimum Gasteiger partial charge on any atom is -0.496 e. The van der Waals surface area contributed by atoms with Crippen molar-refractivity contribution in [2.45, 2.75) is 40.0 Å². The molecule has 1 saturated heterocycles. The van der Waals surface area contributed by atoms with Gasteiger partial charge in [-0.1, -0.05) is 13.0 Å². The number of aryl methyl sites for hydroxylation is 2. The van der Waals surface area contributed by atoms with Crippen LogP contribution in [0.5, 0.6) is 5.75 Å². The minimum atomic E-state index is -0.0107. The second kappa shape index (κ2) is 8.18. The first-order chi connectivity index (χ1) is 11.5. The van der Waals surface area contributed by atoms with Gasteiger partial charge >= 0.3 is 0 Å². The number of ether oxygens (including phenoxy) is 1. The summed E-state index contributed by atoms with van der Waals surface area (Å²) in [5, 5.41) is 0. The van der Waals surface area contributed by atoms with E-state index in [4.69, 9.17) is 4.74 Å². The van der Waals surface area contributed by atoms with Gasteiger partial charge in [0.05, 0.1) is 12.7 Å². The van der Waals surface area contributed by atoms with Gasteiger partial charge in [-0.15, -0.1) is 0 Å². The van der Waals surface area contributed by atoms with Gasteiger partial charge in [-0.3, -0.25) is 9.59 Å². The normalized spacial score (nSPS) is 15.2. The third kappa shape index (κ3) is 4.08. The van der Waals surface area contributed by atoms with Gasteiger partial charge in [0, 0.05) is 32.6 Å². The lowest BCUT2D eigenvalue weighted by Gasteiger charge is -2.23. The summed E-state index contributed by atoms with van der Waals surface area (Å²) in [6, 6.07) is 3.91. The Bertz CT molecular complexity index is 613. The van der Waals surface area contributed by atoms with E-state index in [1.54, 1.807) is 7.11 Å². The summed E-state index contributed by atoms with van der Waals surface area (Å²) in [5.74, 6) is 0.827. The van der Waals surface area contributed by atoms with Gasteiger partial charge in [-0.25, -0.2) is 0 Å². The van der Waals surface area contributed by atoms with Crippen LogP contribution in [0.15, 0.2) is 12.1 Å². The van der Waals surface area contributed by atoms with Crippen molar-refractivity contribution in [3.05, 3.63) is 28.8 Å². The molecule has 1 heterocycles. The van der Waals surface area contributed by atoms with Crippen molar-refractivity contribution in [1.82, 2.24) is 9.80 Å². The van der Waals surface area contributed by atoms with Crippen molar-refractivity contribution in [2.75, 3.05) is 33.3 Å². The summed E-state index contributed by atoms with van der Waals surface area (Å²) >= 11 is 0. The first kappa shape index (κ1) is 18.3. The van der Waals surface area contributed by atoms with E-state index in [0.29, 0.717) is 37.4 Å². The molecule has 2 rings (SSSR count). The molecule has 0 spiro atoms. The molecule has 0 saturated carbocycles. The zero-order chi connectivity index (χ0) is 17.7. The average Bonchev–Trinajstić information content (AvgIpc) is 2.80. The smallest absolute Gasteiger partial charge is 0.257 e. The quantitative estimate of drug-likeness (QED) is 0.852. The van der Waals surface area contributed by atoms with E-state index in [0.717, 1.165) is 30.5 Å². The Hall–Kier alpha value is -2.04. The summed E-state index contributed by atoms with van der Waals surface area (Å²) < 4.78 is 5.45. The number of hydrogen-bond donors (Lipinski definition) is 0. The van der Waals surface area contributed by atoms with Crippen LogP contribution in [0.3, 0.4) is 0 Å². The lowest BCUT2D eigenvalue weighted by atomic mass is 10.0. The molecule has 5 heteroatoms. The molecule has 0 unspecified atom stereocenters. The molecule has 0 aromatic heterocycles. The molecule has 1 aliphatic rings. The maximum absolute atomic E-state index is 13.0. The third-order valence-corrected chi connectivity index (χ3v) is 4.45. The van der Waals surface area contributed by atoms with E-state index in [9.17, 15) is 9.59 Å². The Morgan fingerprint density at radius 1 is 1.08 bits per heavy atom. The largest absolute Gasteiger partial charge is 0.496 e. The van der Waals surface area contributed by atoms with Gasteiger partial charge in [0.15, 0.2) is 0 Å². The minimum absolute atomic E-state index is 0.0107. The van der Waals surface area contributed by atoms with Gasteiger partial charge in [-0.05, 0) is 43.9 Å². The highest BCUT2D eigenvalue weighted by molar-refractivity contribution is 5.97. The van der Waals surface area contributed by atoms with Crippen molar-refractivity contribution in [1.29, 1.82) is 0 Å². The maximum Gasteiger partial charge on any atom is 0.257 e. The van der Waals surface area contributed by atoms with E-state index >= 15 is 0 Å². The highest BCUT2D eigenvalue weighted by Gasteiger charge is 2.25. The molecule has 132 valence electrons. The summed E-state index contributed by atoms with van der Waals surface area (Å²) in [6.07, 6.45) is 2.25. The van der Waals surface area contributed by atoms with Crippen molar-refractivity contribution < 1.29 is 14.3 Å². The number of nitrogens with zero attached hydrogens (tertiary/aromatic N) is 2. The van der Waals surface area contributed by atoms with Crippen LogP contribution in [0.4, 0.5) is 0 Å². The van der Waals surface area contributed by atoms with Crippen LogP contribution in [-0.4, -0.2) is 54.9 Å². The molecular formula is C19H28N2O3. The van der Waals surface area contributed by atoms with Gasteiger partial charge in [0.1, 0.15) is 5.75 Å². The topological polar surface area (TPSA) is 49.9 Å². The number of hydrogen-bond acceptors (Lipinski definition) is 3. The number of carbonyl (C=O) groups is 2. The SMILES string of the molecule is CCCC(=O)N1CCCN(C(=O)c2cc(C)cc(C)c2OC)CC1. The Labute approximate surface area is 144 Å². The summed E-state index contributed by atoms with van der Waals surface area (Å²) in [5.41, 5.74) is 2.63. The number of methoxy groups -OCH3 is 1. The molecule has 5 nitrogen and oxygen atoms in total. The fourth-order valence-corrected chi connectivity index (χ4v) is 3.30. The zero-order valence-electron chi connectivity index (χ0n) is 15.2. The van der Waals surface area contributed by atoms with Crippen LogP contribution in [0, 0.1) is 13.8 Å². The molecule has 1 aromatic rings. The molecule has 0 aliphatic carbocycles. The van der Waals surface area contributed by atoms with Crippen molar-refractivity contribution in [3.8, 4) is 5.75 Å². The highest BCUT2D eigenvalue weighted by atomic mass is 16.5. The monoisotopic (exact) mass is 332 g/mol. The fraction of sp³-hybridized carbons (Fsp3) is 0.579. The summed E-state index contributed by atoms with van der Waals surface area (Å²) in [7, 11) is 1.60. The first-order valence-electron chi connectivity index (χ1n) is 8.70. The predicted octanol–water partition coefficient (Wildman–Crippen LogP) is 2.79. The van der Waals surface area contributed by atoms with Crippen LogP contribution in [0.2, 0.25) is 0 Å². The van der Waals surface area contributed by atoms with Crippen molar-refractivity contribution in [2.24, 2.45) is 0 Å². The van der Waals surface area contributed by atoms with Crippen molar-refractivity contribution >= 4 is 11.8 Å². The molecular weight excluding hydrogens is 304 g/mol. The van der Waals surface area contributed by atoms with Gasteiger partial charge in [-0.2, -0.15) is 0 Å². The summed E-state index contributed by atoms with van der Waals surface area (Å²) in [6.45, 7) is 8.53. The Morgan fingerprint density at radius 2 is 1.75 bits per heavy atom. The van der Waals surface area contributed by atoms with Gasteiger partial charge in [0.2, 0.25) is 5.91 Å². The van der Waals surface area contributed by atoms with E-state index in [2.05, 4.69) is 0 Å². The average molecular weight is 332 g/mol. The van der Waals surface area contributed by atoms with E-state index in [1.165, 1.54) is 0 Å². The van der Waals surface area contributed by atoms with Crippen LogP contribution in [0.1, 0.15) is 47.7 Å². The Kier molecular flexibility index (Phi) is 6.23. The van der Waals surface area contributed by atoms with Gasteiger partial charge in [0.25, 0.3) is 5.91 Å². The highest BCUT2D eigenvalue weighted by Crippen LogP contribution is 2.26. The molecule has 0 N–H and O–H groups in total. The Morgan fingerprint density at radius 3 is 2.42 bits per heavy atom. The second-order valence-electron chi connectivity index (χ2n) is 6.44. The molecule has 1 fully saturated rings. The molecule has 0 bridgehead atoms. The fourth-order valence-electron chi connectivity index (χ4n) is 3.30. The van der Waals surface area contributed by atoms with E-state index in [-0.39, 0.29) is 11.8 Å². The third-order valence-electron chi connectivity index (χ3n) is 4.45. The second-order valence-corrected chi connectivity index (χ2v) is 6.44. The molecule has 1 aromatic carbocycles. The number of benzene rings is 1. The molecule has 0 radical (unpaired) electrons. The number of amides is 2. The molecule has 1 aliphatic heterocycles. The van der Waals surface area contributed by atoms with E-state index in [1.807, 2.05) is 42.7 Å². The molecule has 24 heavy (non-hydrogen) atoms. The summed E-state index contributed by atoms with van der Waals surface area (Å²) in [4.78, 5) is 28.8. The first-order valence-corrected chi connectivity index (χ1v) is 8.70. The van der Waals surface area contributed by atoms with E-state index < -0.39 is 0 Å². The number of carbonyl (C=O) groups excluding carboxylic acids is 2. The predicted molar refractivity (Wildman–Crippen MR) is 94.5 cm³/mol. The standard InChI is InChI=1S/C19H28N2O3/c1-5-7-17(22)20-8-6-9-21(11-10-20)19(23)16-13-14(2)12-15(3)18(16)24-4/h12-13H,5-11H2,1-4H3. The molecule has 0 atom stereocenters. The molecule has 2 amide bonds. The van der Waals surface area contributed by atoms with Crippen LogP contribution in [0.25, 0.3) is 0 Å². The van der Waals surface area contributed by atoms with Gasteiger partial charge < -0.3 is 14.5 Å².